The minimum Gasteiger partial charge on any atom is -0.462 e. The van der Waals surface area contributed by atoms with Crippen molar-refractivity contribution in [1.82, 2.24) is 0 Å². The fourth-order valence-corrected chi connectivity index (χ4v) is 10.3. The van der Waals surface area contributed by atoms with Crippen molar-refractivity contribution < 1.29 is 28.6 Å². The Morgan fingerprint density at radius 1 is 0.264 bits per heavy atom. The lowest BCUT2D eigenvalue weighted by Crippen LogP contribution is -2.30. The van der Waals surface area contributed by atoms with Gasteiger partial charge in [-0.15, -0.1) is 0 Å². The van der Waals surface area contributed by atoms with E-state index in [2.05, 4.69) is 34.6 Å². The average molecular weight is 1020 g/mol. The molecule has 428 valence electrons. The zero-order valence-electron chi connectivity index (χ0n) is 49.6. The first-order chi connectivity index (χ1) is 35.2. The average Bonchev–Trinajstić information content (AvgIpc) is 3.36. The molecule has 0 N–H and O–H groups in total. The largest absolute Gasteiger partial charge is 0.462 e. The summed E-state index contributed by atoms with van der Waals surface area (Å²) in [5, 5.41) is 0. The summed E-state index contributed by atoms with van der Waals surface area (Å²) in [6, 6.07) is 0. The molecule has 0 bridgehead atoms. The minimum atomic E-state index is -0.764. The molecule has 0 saturated carbocycles. The van der Waals surface area contributed by atoms with Gasteiger partial charge in [0.15, 0.2) is 6.10 Å². The Labute approximate surface area is 450 Å². The highest BCUT2D eigenvalue weighted by Crippen LogP contribution is 2.19. The molecule has 0 unspecified atom stereocenters. The molecule has 0 aromatic rings. The number of carbonyl (C=O) groups excluding carboxylic acids is 3. The SMILES string of the molecule is CCCCCCCCCCCCCCCCCCC(=O)OC[C@H](COC(=O)CCCCCCCCCCCCCCCCC(C)C)OC(=O)CCCCCCCCCCCCCCCCCCCCC(C)C. The first kappa shape index (κ1) is 70.4. The van der Waals surface area contributed by atoms with E-state index in [0.717, 1.165) is 69.6 Å². The van der Waals surface area contributed by atoms with Crippen molar-refractivity contribution in [3.05, 3.63) is 0 Å². The van der Waals surface area contributed by atoms with Crippen molar-refractivity contribution in [2.24, 2.45) is 11.8 Å². The van der Waals surface area contributed by atoms with Gasteiger partial charge in [0.25, 0.3) is 0 Å². The van der Waals surface area contributed by atoms with Crippen LogP contribution in [-0.4, -0.2) is 37.2 Å². The highest BCUT2D eigenvalue weighted by atomic mass is 16.6. The summed E-state index contributed by atoms with van der Waals surface area (Å²) >= 11 is 0. The Kier molecular flexibility index (Phi) is 57.4. The van der Waals surface area contributed by atoms with E-state index < -0.39 is 6.10 Å². The number of rotatable bonds is 60. The standard InChI is InChI=1S/C66H128O6/c1-6-7-8-9-10-11-12-13-14-20-26-31-36-41-46-51-56-64(67)70-59-63(60-71-65(68)57-52-47-42-37-32-27-23-22-25-30-35-40-45-50-55-62(4)5)72-66(69)58-53-48-43-38-33-28-21-18-16-15-17-19-24-29-34-39-44-49-54-61(2)3/h61-63H,6-60H2,1-5H3/t63-/m1/s1. The van der Waals surface area contributed by atoms with Crippen LogP contribution in [0, 0.1) is 11.8 Å². The summed E-state index contributed by atoms with van der Waals surface area (Å²) in [5.41, 5.74) is 0. The molecular formula is C66H128O6. The second kappa shape index (κ2) is 58.7. The van der Waals surface area contributed by atoms with E-state index in [-0.39, 0.29) is 31.1 Å². The molecule has 72 heavy (non-hydrogen) atoms. The smallest absolute Gasteiger partial charge is 0.306 e. The minimum absolute atomic E-state index is 0.0616. The number of hydrogen-bond donors (Lipinski definition) is 0. The molecule has 0 heterocycles. The van der Waals surface area contributed by atoms with Gasteiger partial charge in [0.1, 0.15) is 13.2 Å². The van der Waals surface area contributed by atoms with E-state index in [1.807, 2.05) is 0 Å². The maximum atomic E-state index is 12.9. The quantitative estimate of drug-likeness (QED) is 0.0343. The highest BCUT2D eigenvalue weighted by molar-refractivity contribution is 5.71. The highest BCUT2D eigenvalue weighted by Gasteiger charge is 2.19. The Morgan fingerprint density at radius 2 is 0.458 bits per heavy atom. The molecule has 0 fully saturated rings. The Bertz CT molecular complexity index is 1100. The monoisotopic (exact) mass is 1020 g/mol. The van der Waals surface area contributed by atoms with Crippen LogP contribution < -0.4 is 0 Å². The second-order valence-electron chi connectivity index (χ2n) is 23.7. The molecule has 6 nitrogen and oxygen atoms in total. The summed E-state index contributed by atoms with van der Waals surface area (Å²) in [6.45, 7) is 11.5. The maximum Gasteiger partial charge on any atom is 0.306 e. The number of hydrogen-bond acceptors (Lipinski definition) is 6. The first-order valence-corrected chi connectivity index (χ1v) is 32.7. The lowest BCUT2D eigenvalue weighted by molar-refractivity contribution is -0.167. The van der Waals surface area contributed by atoms with E-state index in [0.29, 0.717) is 19.3 Å². The molecule has 0 aliphatic rings. The van der Waals surface area contributed by atoms with Gasteiger partial charge in [-0.05, 0) is 31.1 Å². The van der Waals surface area contributed by atoms with E-state index in [4.69, 9.17) is 14.2 Å². The summed E-state index contributed by atoms with van der Waals surface area (Å²) in [5.74, 6) is 0.874. The third-order valence-electron chi connectivity index (χ3n) is 15.2. The van der Waals surface area contributed by atoms with Crippen molar-refractivity contribution in [2.45, 2.75) is 381 Å². The Morgan fingerprint density at radius 3 is 0.681 bits per heavy atom. The van der Waals surface area contributed by atoms with Gasteiger partial charge in [-0.25, -0.2) is 0 Å². The van der Waals surface area contributed by atoms with Crippen LogP contribution >= 0.6 is 0 Å². The van der Waals surface area contributed by atoms with Crippen molar-refractivity contribution in [3.8, 4) is 0 Å². The van der Waals surface area contributed by atoms with Crippen LogP contribution in [0.15, 0.2) is 0 Å². The first-order valence-electron chi connectivity index (χ1n) is 32.7. The molecular weight excluding hydrogens is 889 g/mol. The van der Waals surface area contributed by atoms with Gasteiger partial charge in [-0.3, -0.25) is 14.4 Å². The number of unbranched alkanes of at least 4 members (excludes halogenated alkanes) is 45. The number of esters is 3. The summed E-state index contributed by atoms with van der Waals surface area (Å²) in [7, 11) is 0. The van der Waals surface area contributed by atoms with Crippen molar-refractivity contribution >= 4 is 17.9 Å². The van der Waals surface area contributed by atoms with Gasteiger partial charge in [-0.2, -0.15) is 0 Å². The fraction of sp³-hybridized carbons (Fsp3) is 0.955. The summed E-state index contributed by atoms with van der Waals surface area (Å²) < 4.78 is 17.0. The molecule has 0 amide bonds. The van der Waals surface area contributed by atoms with Crippen LogP contribution in [0.3, 0.4) is 0 Å². The molecule has 6 heteroatoms. The topological polar surface area (TPSA) is 78.9 Å². The van der Waals surface area contributed by atoms with E-state index in [1.165, 1.54) is 263 Å². The predicted octanol–water partition coefficient (Wildman–Crippen LogP) is 22.0. The molecule has 0 spiro atoms. The normalized spacial score (nSPS) is 12.0. The predicted molar refractivity (Wildman–Crippen MR) is 312 cm³/mol. The van der Waals surface area contributed by atoms with Gasteiger partial charge >= 0.3 is 17.9 Å². The van der Waals surface area contributed by atoms with Gasteiger partial charge in [0, 0.05) is 19.3 Å². The molecule has 1 atom stereocenters. The van der Waals surface area contributed by atoms with Gasteiger partial charge in [0.05, 0.1) is 0 Å². The second-order valence-corrected chi connectivity index (χ2v) is 23.7. The van der Waals surface area contributed by atoms with Crippen LogP contribution in [-0.2, 0) is 28.6 Å². The molecule has 0 aromatic heterocycles. The van der Waals surface area contributed by atoms with Crippen LogP contribution in [0.2, 0.25) is 0 Å². The van der Waals surface area contributed by atoms with Crippen molar-refractivity contribution in [2.75, 3.05) is 13.2 Å². The molecule has 0 aliphatic carbocycles. The lowest BCUT2D eigenvalue weighted by atomic mass is 10.0. The lowest BCUT2D eigenvalue weighted by Gasteiger charge is -2.18. The van der Waals surface area contributed by atoms with Gasteiger partial charge in [-0.1, -0.05) is 336 Å². The van der Waals surface area contributed by atoms with Gasteiger partial charge in [0.2, 0.25) is 0 Å². The molecule has 0 radical (unpaired) electrons. The van der Waals surface area contributed by atoms with Crippen LogP contribution in [0.5, 0.6) is 0 Å². The van der Waals surface area contributed by atoms with Crippen LogP contribution in [0.1, 0.15) is 375 Å². The van der Waals surface area contributed by atoms with Crippen molar-refractivity contribution in [1.29, 1.82) is 0 Å². The Balaban J connectivity index is 4.28. The van der Waals surface area contributed by atoms with Crippen molar-refractivity contribution in [3.63, 3.8) is 0 Å². The van der Waals surface area contributed by atoms with Gasteiger partial charge < -0.3 is 14.2 Å². The summed E-state index contributed by atoms with van der Waals surface area (Å²) in [6.07, 6.45) is 65.3. The third kappa shape index (κ3) is 59.3. The van der Waals surface area contributed by atoms with Crippen LogP contribution in [0.4, 0.5) is 0 Å². The zero-order chi connectivity index (χ0) is 52.5. The van der Waals surface area contributed by atoms with E-state index in [9.17, 15) is 14.4 Å². The molecule has 0 aromatic carbocycles. The number of ether oxygens (including phenoxy) is 3. The van der Waals surface area contributed by atoms with E-state index >= 15 is 0 Å². The molecule has 0 saturated heterocycles. The molecule has 0 aliphatic heterocycles. The fourth-order valence-electron chi connectivity index (χ4n) is 10.3. The number of carbonyl (C=O) groups is 3. The summed E-state index contributed by atoms with van der Waals surface area (Å²) in [4.78, 5) is 38.3. The third-order valence-corrected chi connectivity index (χ3v) is 15.2. The molecule has 0 rings (SSSR count). The maximum absolute atomic E-state index is 12.9. The van der Waals surface area contributed by atoms with Crippen LogP contribution in [0.25, 0.3) is 0 Å². The zero-order valence-corrected chi connectivity index (χ0v) is 49.6. The Hall–Kier alpha value is -1.59. The van der Waals surface area contributed by atoms with E-state index in [1.54, 1.807) is 0 Å².